The van der Waals surface area contributed by atoms with Gasteiger partial charge in [-0.25, -0.2) is 4.79 Å². The number of halogens is 3. The summed E-state index contributed by atoms with van der Waals surface area (Å²) < 4.78 is 43.9. The summed E-state index contributed by atoms with van der Waals surface area (Å²) in [6, 6.07) is 11.6. The van der Waals surface area contributed by atoms with E-state index in [2.05, 4.69) is 5.32 Å². The van der Waals surface area contributed by atoms with Crippen molar-refractivity contribution in [3.8, 4) is 5.75 Å². The Morgan fingerprint density at radius 1 is 1.23 bits per heavy atom. The highest BCUT2D eigenvalue weighted by Gasteiger charge is 2.34. The highest BCUT2D eigenvalue weighted by atomic mass is 32.2. The number of rotatable bonds is 3. The predicted octanol–water partition coefficient (Wildman–Crippen LogP) is 4.99. The van der Waals surface area contributed by atoms with E-state index in [-0.39, 0.29) is 6.03 Å². The molecule has 1 fully saturated rings. The third-order valence-corrected chi connectivity index (χ3v) is 5.25. The molecule has 1 N–H and O–H groups in total. The number of carbonyl (C=O) groups is 1. The molecule has 0 radical (unpaired) electrons. The first-order valence-corrected chi connectivity index (χ1v) is 8.94. The normalized spacial score (nSPS) is 17.2. The lowest BCUT2D eigenvalue weighted by Crippen LogP contribution is -2.34. The number of carbonyl (C=O) groups excluding carboxylic acids is 1. The van der Waals surface area contributed by atoms with Crippen molar-refractivity contribution < 1.29 is 22.7 Å². The van der Waals surface area contributed by atoms with Gasteiger partial charge in [0.25, 0.3) is 0 Å². The zero-order valence-corrected chi connectivity index (χ0v) is 14.7. The first-order chi connectivity index (χ1) is 12.4. The summed E-state index contributed by atoms with van der Waals surface area (Å²) in [5, 5.41) is 2.33. The van der Waals surface area contributed by atoms with Gasteiger partial charge in [0, 0.05) is 18.0 Å². The van der Waals surface area contributed by atoms with Crippen LogP contribution in [-0.2, 0) is 6.18 Å². The topological polar surface area (TPSA) is 41.6 Å². The van der Waals surface area contributed by atoms with Gasteiger partial charge in [-0.15, -0.1) is 11.8 Å². The van der Waals surface area contributed by atoms with Gasteiger partial charge in [0.1, 0.15) is 11.1 Å². The molecule has 0 aliphatic carbocycles. The summed E-state index contributed by atoms with van der Waals surface area (Å²) >= 11 is 1.45. The highest BCUT2D eigenvalue weighted by molar-refractivity contribution is 7.99. The standard InChI is InChI=1S/C18H17F3N2O2S/c1-25-15-7-5-14(6-8-15)22-17(24)23-9-10-26-16(23)12-3-2-4-13(11-12)18(19,20)21/h2-8,11,16H,9-10H2,1H3,(H,22,24). The fourth-order valence-corrected chi connectivity index (χ4v) is 3.94. The van der Waals surface area contributed by atoms with Gasteiger partial charge in [-0.2, -0.15) is 13.2 Å². The molecule has 3 rings (SSSR count). The van der Waals surface area contributed by atoms with Crippen molar-refractivity contribution in [2.45, 2.75) is 11.6 Å². The van der Waals surface area contributed by atoms with Gasteiger partial charge in [0.05, 0.1) is 12.7 Å². The average Bonchev–Trinajstić information content (AvgIpc) is 3.12. The van der Waals surface area contributed by atoms with Gasteiger partial charge in [-0.05, 0) is 42.0 Å². The summed E-state index contributed by atoms with van der Waals surface area (Å²) in [5.41, 5.74) is 0.348. The second-order valence-electron chi connectivity index (χ2n) is 5.70. The Morgan fingerprint density at radius 3 is 2.62 bits per heavy atom. The van der Waals surface area contributed by atoms with Crippen LogP contribution in [0.3, 0.4) is 0 Å². The Balaban J connectivity index is 1.76. The third-order valence-electron chi connectivity index (χ3n) is 3.99. The SMILES string of the molecule is COc1ccc(NC(=O)N2CCSC2c2cccc(C(F)(F)F)c2)cc1. The van der Waals surface area contributed by atoms with E-state index in [0.29, 0.717) is 29.3 Å². The number of urea groups is 1. The molecule has 4 nitrogen and oxygen atoms in total. The van der Waals surface area contributed by atoms with Crippen LogP contribution in [-0.4, -0.2) is 30.3 Å². The summed E-state index contributed by atoms with van der Waals surface area (Å²) in [6.07, 6.45) is -4.41. The number of hydrogen-bond acceptors (Lipinski definition) is 3. The maximum atomic E-state index is 12.9. The molecule has 26 heavy (non-hydrogen) atoms. The van der Waals surface area contributed by atoms with Crippen molar-refractivity contribution in [3.63, 3.8) is 0 Å². The predicted molar refractivity (Wildman–Crippen MR) is 95.4 cm³/mol. The molecule has 0 aromatic heterocycles. The molecule has 8 heteroatoms. The molecule has 1 unspecified atom stereocenters. The summed E-state index contributed by atoms with van der Waals surface area (Å²) in [4.78, 5) is 14.1. The highest BCUT2D eigenvalue weighted by Crippen LogP contribution is 2.40. The fourth-order valence-electron chi connectivity index (χ4n) is 2.69. The Kier molecular flexibility index (Phi) is 5.31. The first-order valence-electron chi connectivity index (χ1n) is 7.89. The lowest BCUT2D eigenvalue weighted by atomic mass is 10.1. The molecular formula is C18H17F3N2O2S. The molecule has 1 heterocycles. The van der Waals surface area contributed by atoms with Crippen molar-refractivity contribution in [2.24, 2.45) is 0 Å². The average molecular weight is 382 g/mol. The van der Waals surface area contributed by atoms with Crippen LogP contribution in [0.2, 0.25) is 0 Å². The van der Waals surface area contributed by atoms with Crippen molar-refractivity contribution >= 4 is 23.5 Å². The van der Waals surface area contributed by atoms with E-state index in [1.807, 2.05) is 0 Å². The molecule has 1 atom stereocenters. The van der Waals surface area contributed by atoms with Crippen molar-refractivity contribution in [1.29, 1.82) is 0 Å². The molecule has 0 spiro atoms. The van der Waals surface area contributed by atoms with E-state index in [1.165, 1.54) is 17.8 Å². The number of ether oxygens (including phenoxy) is 1. The maximum absolute atomic E-state index is 12.9. The van der Waals surface area contributed by atoms with E-state index < -0.39 is 17.1 Å². The minimum atomic E-state index is -4.41. The number of anilines is 1. The van der Waals surface area contributed by atoms with Gasteiger partial charge < -0.3 is 15.0 Å². The molecule has 0 saturated carbocycles. The van der Waals surface area contributed by atoms with E-state index in [1.54, 1.807) is 42.3 Å². The number of nitrogens with zero attached hydrogens (tertiary/aromatic N) is 1. The number of thioether (sulfide) groups is 1. The van der Waals surface area contributed by atoms with E-state index >= 15 is 0 Å². The molecule has 2 aromatic rings. The number of nitrogens with one attached hydrogen (secondary N) is 1. The van der Waals surface area contributed by atoms with Crippen LogP contribution in [0.1, 0.15) is 16.5 Å². The molecule has 1 aliphatic heterocycles. The van der Waals surface area contributed by atoms with Crippen LogP contribution in [0.15, 0.2) is 48.5 Å². The molecule has 2 amide bonds. The van der Waals surface area contributed by atoms with E-state index in [0.717, 1.165) is 12.1 Å². The summed E-state index contributed by atoms with van der Waals surface area (Å²) in [7, 11) is 1.55. The number of methoxy groups -OCH3 is 1. The number of hydrogen-bond donors (Lipinski definition) is 1. The van der Waals surface area contributed by atoms with Crippen LogP contribution in [0.5, 0.6) is 5.75 Å². The second-order valence-corrected chi connectivity index (χ2v) is 6.89. The van der Waals surface area contributed by atoms with Crippen molar-refractivity contribution in [1.82, 2.24) is 4.90 Å². The number of amides is 2. The molecule has 1 aliphatic rings. The molecule has 138 valence electrons. The Labute approximate surface area is 153 Å². The Bertz CT molecular complexity index is 781. The van der Waals surface area contributed by atoms with Gasteiger partial charge in [-0.3, -0.25) is 0 Å². The molecule has 2 aromatic carbocycles. The molecular weight excluding hydrogens is 365 g/mol. The second kappa shape index (κ2) is 7.49. The number of benzene rings is 2. The number of alkyl halides is 3. The van der Waals surface area contributed by atoms with Gasteiger partial charge in [0.15, 0.2) is 0 Å². The summed E-state index contributed by atoms with van der Waals surface area (Å²) in [6.45, 7) is 0.466. The van der Waals surface area contributed by atoms with Crippen LogP contribution in [0.25, 0.3) is 0 Å². The van der Waals surface area contributed by atoms with Crippen LogP contribution in [0.4, 0.5) is 23.7 Å². The van der Waals surface area contributed by atoms with Gasteiger partial charge in [-0.1, -0.05) is 12.1 Å². The minimum absolute atomic E-state index is 0.345. The van der Waals surface area contributed by atoms with Crippen molar-refractivity contribution in [3.05, 3.63) is 59.7 Å². The van der Waals surface area contributed by atoms with E-state index in [9.17, 15) is 18.0 Å². The van der Waals surface area contributed by atoms with Gasteiger partial charge in [0.2, 0.25) is 0 Å². The minimum Gasteiger partial charge on any atom is -0.497 e. The van der Waals surface area contributed by atoms with E-state index in [4.69, 9.17) is 4.74 Å². The van der Waals surface area contributed by atoms with Crippen molar-refractivity contribution in [2.75, 3.05) is 24.7 Å². The Hall–Kier alpha value is -2.35. The fraction of sp³-hybridized carbons (Fsp3) is 0.278. The lowest BCUT2D eigenvalue weighted by Gasteiger charge is -2.25. The summed E-state index contributed by atoms with van der Waals surface area (Å²) in [5.74, 6) is 1.33. The zero-order chi connectivity index (χ0) is 18.7. The van der Waals surface area contributed by atoms with Crippen LogP contribution < -0.4 is 10.1 Å². The van der Waals surface area contributed by atoms with Gasteiger partial charge >= 0.3 is 12.2 Å². The third kappa shape index (κ3) is 4.07. The van der Waals surface area contributed by atoms with Crippen LogP contribution in [0, 0.1) is 0 Å². The molecule has 1 saturated heterocycles. The van der Waals surface area contributed by atoms with Crippen LogP contribution >= 0.6 is 11.8 Å². The lowest BCUT2D eigenvalue weighted by molar-refractivity contribution is -0.137. The smallest absolute Gasteiger partial charge is 0.416 e. The monoisotopic (exact) mass is 382 g/mol. The molecule has 0 bridgehead atoms. The largest absolute Gasteiger partial charge is 0.497 e. The quantitative estimate of drug-likeness (QED) is 0.813. The Morgan fingerprint density at radius 2 is 1.96 bits per heavy atom. The first kappa shape index (κ1) is 18.4. The zero-order valence-electron chi connectivity index (χ0n) is 13.9. The maximum Gasteiger partial charge on any atom is 0.416 e.